The van der Waals surface area contributed by atoms with Gasteiger partial charge in [-0.25, -0.2) is 0 Å². The van der Waals surface area contributed by atoms with Crippen LogP contribution in [0.15, 0.2) is 63.5 Å². The fraction of sp³-hybridized carbons (Fsp3) is 0.125. The normalized spacial score (nSPS) is 14.5. The molecule has 0 aliphatic heterocycles. The second-order valence-corrected chi connectivity index (χ2v) is 5.65. The molecule has 0 amide bonds. The number of para-hydroxylation sites is 1. The van der Waals surface area contributed by atoms with Crippen LogP contribution in [0.4, 0.5) is 0 Å². The molecule has 1 heterocycles. The van der Waals surface area contributed by atoms with E-state index in [9.17, 15) is 5.11 Å². The minimum Gasteiger partial charge on any atom is -0.458 e. The molecule has 3 rings (SSSR count). The van der Waals surface area contributed by atoms with Crippen molar-refractivity contribution in [3.05, 3.63) is 70.4 Å². The Morgan fingerprint density at radius 2 is 1.84 bits per heavy atom. The van der Waals surface area contributed by atoms with Gasteiger partial charge in [-0.2, -0.15) is 0 Å². The lowest BCUT2D eigenvalue weighted by molar-refractivity contribution is 0.0786. The third-order valence-electron chi connectivity index (χ3n) is 3.29. The van der Waals surface area contributed by atoms with Crippen LogP contribution in [0.3, 0.4) is 0 Å². The quantitative estimate of drug-likeness (QED) is 0.757. The first kappa shape index (κ1) is 12.5. The number of furan rings is 1. The van der Waals surface area contributed by atoms with Gasteiger partial charge in [-0.05, 0) is 36.8 Å². The van der Waals surface area contributed by atoms with Gasteiger partial charge in [0.1, 0.15) is 16.9 Å². The molecule has 0 bridgehead atoms. The smallest absolute Gasteiger partial charge is 0.144 e. The standard InChI is InChI=1S/C16H13BrO2/c1-16(18,12-6-4-7-13(17)10-12)15-9-11-5-2-3-8-14(11)19-15/h2-10,18H,1H3. The summed E-state index contributed by atoms with van der Waals surface area (Å²) in [7, 11) is 0. The third kappa shape index (κ3) is 2.20. The molecule has 2 aromatic carbocycles. The number of hydrogen-bond acceptors (Lipinski definition) is 2. The van der Waals surface area contributed by atoms with Gasteiger partial charge in [0.25, 0.3) is 0 Å². The van der Waals surface area contributed by atoms with Crippen molar-refractivity contribution in [3.8, 4) is 0 Å². The fourth-order valence-corrected chi connectivity index (χ4v) is 2.55. The van der Waals surface area contributed by atoms with Crippen molar-refractivity contribution in [3.63, 3.8) is 0 Å². The second kappa shape index (κ2) is 4.51. The van der Waals surface area contributed by atoms with Crippen molar-refractivity contribution in [2.24, 2.45) is 0 Å². The Hall–Kier alpha value is -1.58. The van der Waals surface area contributed by atoms with Crippen LogP contribution in [0, 0.1) is 0 Å². The first-order valence-corrected chi connectivity index (χ1v) is 6.84. The molecular formula is C16H13BrO2. The predicted octanol–water partition coefficient (Wildman–Crippen LogP) is 4.45. The van der Waals surface area contributed by atoms with Crippen molar-refractivity contribution in [1.82, 2.24) is 0 Å². The first-order chi connectivity index (χ1) is 9.07. The summed E-state index contributed by atoms with van der Waals surface area (Å²) >= 11 is 3.42. The highest BCUT2D eigenvalue weighted by molar-refractivity contribution is 9.10. The van der Waals surface area contributed by atoms with Crippen LogP contribution in [0.25, 0.3) is 11.0 Å². The molecule has 0 spiro atoms. The van der Waals surface area contributed by atoms with E-state index in [-0.39, 0.29) is 0 Å². The average Bonchev–Trinajstić information content (AvgIpc) is 2.83. The summed E-state index contributed by atoms with van der Waals surface area (Å²) in [6, 6.07) is 17.2. The molecule has 3 aromatic rings. The topological polar surface area (TPSA) is 33.4 Å². The molecule has 2 nitrogen and oxygen atoms in total. The summed E-state index contributed by atoms with van der Waals surface area (Å²) in [5.74, 6) is 0.548. The van der Waals surface area contributed by atoms with Gasteiger partial charge in [0.15, 0.2) is 0 Å². The zero-order valence-electron chi connectivity index (χ0n) is 10.4. The van der Waals surface area contributed by atoms with Gasteiger partial charge < -0.3 is 9.52 Å². The Bertz CT molecular complexity index is 695. The maximum Gasteiger partial charge on any atom is 0.144 e. The van der Waals surface area contributed by atoms with Gasteiger partial charge in [-0.3, -0.25) is 0 Å². The fourth-order valence-electron chi connectivity index (χ4n) is 2.16. The number of fused-ring (bicyclic) bond motifs is 1. The molecule has 0 saturated heterocycles. The third-order valence-corrected chi connectivity index (χ3v) is 3.79. The zero-order chi connectivity index (χ0) is 13.5. The van der Waals surface area contributed by atoms with Crippen LogP contribution in [0.1, 0.15) is 18.2 Å². The lowest BCUT2D eigenvalue weighted by Crippen LogP contribution is -2.21. The molecule has 19 heavy (non-hydrogen) atoms. The van der Waals surface area contributed by atoms with Crippen LogP contribution in [0.2, 0.25) is 0 Å². The molecule has 0 fully saturated rings. The van der Waals surface area contributed by atoms with E-state index in [4.69, 9.17) is 4.42 Å². The van der Waals surface area contributed by atoms with Crippen LogP contribution >= 0.6 is 15.9 Å². The Kier molecular flexibility index (Phi) is 2.96. The molecular weight excluding hydrogens is 304 g/mol. The lowest BCUT2D eigenvalue weighted by Gasteiger charge is -2.21. The van der Waals surface area contributed by atoms with Gasteiger partial charge in [-0.1, -0.05) is 46.3 Å². The van der Waals surface area contributed by atoms with Gasteiger partial charge in [0.2, 0.25) is 0 Å². The van der Waals surface area contributed by atoms with Gasteiger partial charge in [0.05, 0.1) is 0 Å². The molecule has 3 heteroatoms. The number of halogens is 1. The zero-order valence-corrected chi connectivity index (χ0v) is 12.0. The van der Waals surface area contributed by atoms with Crippen LogP contribution < -0.4 is 0 Å². The summed E-state index contributed by atoms with van der Waals surface area (Å²) in [4.78, 5) is 0. The highest BCUT2D eigenvalue weighted by Crippen LogP contribution is 2.34. The maximum atomic E-state index is 10.8. The number of benzene rings is 2. The van der Waals surface area contributed by atoms with Crippen molar-refractivity contribution >= 4 is 26.9 Å². The molecule has 96 valence electrons. The molecule has 0 saturated carbocycles. The molecule has 1 atom stereocenters. The van der Waals surface area contributed by atoms with E-state index in [2.05, 4.69) is 15.9 Å². The molecule has 0 aliphatic carbocycles. The first-order valence-electron chi connectivity index (χ1n) is 6.05. The Labute approximate surface area is 119 Å². The summed E-state index contributed by atoms with van der Waals surface area (Å²) in [6.45, 7) is 1.74. The predicted molar refractivity (Wildman–Crippen MR) is 79.0 cm³/mol. The average molecular weight is 317 g/mol. The minimum absolute atomic E-state index is 0.548. The van der Waals surface area contributed by atoms with Gasteiger partial charge in [0, 0.05) is 9.86 Å². The molecule has 0 radical (unpaired) electrons. The molecule has 1 aromatic heterocycles. The monoisotopic (exact) mass is 316 g/mol. The molecule has 1 unspecified atom stereocenters. The maximum absolute atomic E-state index is 10.8. The van der Waals surface area contributed by atoms with E-state index >= 15 is 0 Å². The summed E-state index contributed by atoms with van der Waals surface area (Å²) in [5.41, 5.74) is 0.428. The van der Waals surface area contributed by atoms with Crippen LogP contribution in [-0.2, 0) is 5.60 Å². The molecule has 0 aliphatic rings. The lowest BCUT2D eigenvalue weighted by atomic mass is 9.93. The Balaban J connectivity index is 2.13. The Morgan fingerprint density at radius 1 is 1.05 bits per heavy atom. The van der Waals surface area contributed by atoms with E-state index in [1.54, 1.807) is 6.92 Å². The summed E-state index contributed by atoms with van der Waals surface area (Å²) in [5, 5.41) is 11.8. The largest absolute Gasteiger partial charge is 0.458 e. The van der Waals surface area contributed by atoms with Crippen molar-refractivity contribution in [1.29, 1.82) is 0 Å². The van der Waals surface area contributed by atoms with Crippen LogP contribution in [0.5, 0.6) is 0 Å². The van der Waals surface area contributed by atoms with Crippen molar-refractivity contribution in [2.45, 2.75) is 12.5 Å². The number of rotatable bonds is 2. The molecule has 1 N–H and O–H groups in total. The SMILES string of the molecule is CC(O)(c1cccc(Br)c1)c1cc2ccccc2o1. The highest BCUT2D eigenvalue weighted by atomic mass is 79.9. The van der Waals surface area contributed by atoms with E-state index in [0.29, 0.717) is 5.76 Å². The number of hydrogen-bond donors (Lipinski definition) is 1. The summed E-state index contributed by atoms with van der Waals surface area (Å²) in [6.07, 6.45) is 0. The van der Waals surface area contributed by atoms with E-state index in [0.717, 1.165) is 21.0 Å². The van der Waals surface area contributed by atoms with Crippen LogP contribution in [-0.4, -0.2) is 5.11 Å². The highest BCUT2D eigenvalue weighted by Gasteiger charge is 2.29. The minimum atomic E-state index is -1.15. The van der Waals surface area contributed by atoms with Crippen molar-refractivity contribution < 1.29 is 9.52 Å². The van der Waals surface area contributed by atoms with Crippen molar-refractivity contribution in [2.75, 3.05) is 0 Å². The van der Waals surface area contributed by atoms with Gasteiger partial charge in [-0.15, -0.1) is 0 Å². The number of aliphatic hydroxyl groups is 1. The van der Waals surface area contributed by atoms with E-state index in [1.807, 2.05) is 54.6 Å². The second-order valence-electron chi connectivity index (χ2n) is 4.73. The van der Waals surface area contributed by atoms with E-state index in [1.165, 1.54) is 0 Å². The Morgan fingerprint density at radius 3 is 2.58 bits per heavy atom. The van der Waals surface area contributed by atoms with Gasteiger partial charge >= 0.3 is 0 Å². The summed E-state index contributed by atoms with van der Waals surface area (Å²) < 4.78 is 6.69. The van der Waals surface area contributed by atoms with E-state index < -0.39 is 5.60 Å².